The van der Waals surface area contributed by atoms with Gasteiger partial charge >= 0.3 is 0 Å². The molecule has 3 aliphatic rings. The van der Waals surface area contributed by atoms with Crippen LogP contribution in [-0.4, -0.2) is 49.6 Å². The van der Waals surface area contributed by atoms with Crippen molar-refractivity contribution in [1.29, 1.82) is 0 Å². The summed E-state index contributed by atoms with van der Waals surface area (Å²) in [4.78, 5) is 0. The molecule has 3 unspecified atom stereocenters. The summed E-state index contributed by atoms with van der Waals surface area (Å²) in [5, 5.41) is 44.4. The molecule has 4 N–H and O–H groups in total. The van der Waals surface area contributed by atoms with E-state index in [1.807, 2.05) is 0 Å². The van der Waals surface area contributed by atoms with Gasteiger partial charge in [-0.2, -0.15) is 0 Å². The first-order valence-corrected chi connectivity index (χ1v) is 12.9. The molecule has 0 amide bonds. The van der Waals surface area contributed by atoms with Gasteiger partial charge in [-0.3, -0.25) is 0 Å². The van der Waals surface area contributed by atoms with Crippen LogP contribution in [0.5, 0.6) is 0 Å². The lowest BCUT2D eigenvalue weighted by atomic mass is 9.97. The number of rotatable bonds is 16. The second-order valence-corrected chi connectivity index (χ2v) is 10.4. The van der Waals surface area contributed by atoms with E-state index >= 15 is 0 Å². The summed E-state index contributed by atoms with van der Waals surface area (Å²) in [5.74, 6) is -2.59. The fraction of sp³-hybridized carbons (Fsp3) is 1.00. The van der Waals surface area contributed by atoms with Crippen molar-refractivity contribution in [2.75, 3.05) is 6.61 Å². The molecule has 1 aliphatic heterocycles. The first kappa shape index (κ1) is 24.4. The monoisotopic (exact) mass is 426 g/mol. The Labute approximate surface area is 183 Å². The lowest BCUT2D eigenvalue weighted by molar-refractivity contribution is -0.255. The Bertz CT molecular complexity index is 508. The lowest BCUT2D eigenvalue weighted by Gasteiger charge is -2.30. The van der Waals surface area contributed by atoms with Crippen LogP contribution in [0.3, 0.4) is 0 Å². The first-order valence-electron chi connectivity index (χ1n) is 12.9. The number of hydrogen-bond donors (Lipinski definition) is 4. The minimum absolute atomic E-state index is 0.0863. The van der Waals surface area contributed by atoms with Gasteiger partial charge in [-0.15, -0.1) is 0 Å². The number of aliphatic hydroxyl groups is 4. The SMILES string of the molecule is CCCCCCCCCC1[C@]2(O)[C@]1(O)COC1(O)C(CCCCCCCCC)[C@]12O. The van der Waals surface area contributed by atoms with Gasteiger partial charge in [0.15, 0.2) is 5.60 Å². The van der Waals surface area contributed by atoms with Gasteiger partial charge in [0, 0.05) is 5.92 Å². The molecule has 0 aromatic heterocycles. The molecule has 30 heavy (non-hydrogen) atoms. The molecule has 5 nitrogen and oxygen atoms in total. The molecule has 6 atom stereocenters. The lowest BCUT2D eigenvalue weighted by Crippen LogP contribution is -2.53. The van der Waals surface area contributed by atoms with Crippen LogP contribution in [0, 0.1) is 11.8 Å². The van der Waals surface area contributed by atoms with Crippen molar-refractivity contribution >= 4 is 0 Å². The van der Waals surface area contributed by atoms with E-state index in [2.05, 4.69) is 13.8 Å². The molecule has 0 radical (unpaired) electrons. The Morgan fingerprint density at radius 3 is 1.53 bits per heavy atom. The molecule has 5 heteroatoms. The average Bonchev–Trinajstić information content (AvgIpc) is 3.44. The summed E-state index contributed by atoms with van der Waals surface area (Å²) in [5.41, 5.74) is -4.76. The van der Waals surface area contributed by atoms with E-state index in [0.29, 0.717) is 12.8 Å². The summed E-state index contributed by atoms with van der Waals surface area (Å²) >= 11 is 0. The minimum atomic E-state index is -1.72. The molecule has 1 heterocycles. The van der Waals surface area contributed by atoms with Crippen LogP contribution in [0.4, 0.5) is 0 Å². The van der Waals surface area contributed by atoms with Crippen LogP contribution in [-0.2, 0) is 4.74 Å². The highest BCUT2D eigenvalue weighted by Gasteiger charge is 3.00. The molecule has 0 spiro atoms. The molecular weight excluding hydrogens is 380 g/mol. The van der Waals surface area contributed by atoms with Crippen LogP contribution in [0.15, 0.2) is 0 Å². The normalized spacial score (nSPS) is 41.4. The molecular formula is C25H46O5. The summed E-state index contributed by atoms with van der Waals surface area (Å²) in [6, 6.07) is 0. The predicted molar refractivity (Wildman–Crippen MR) is 118 cm³/mol. The maximum absolute atomic E-state index is 11.3. The quantitative estimate of drug-likeness (QED) is 0.274. The van der Waals surface area contributed by atoms with E-state index in [1.54, 1.807) is 0 Å². The average molecular weight is 427 g/mol. The zero-order valence-corrected chi connectivity index (χ0v) is 19.4. The molecule has 2 aliphatic carbocycles. The van der Waals surface area contributed by atoms with Gasteiger partial charge in [0.05, 0.1) is 12.5 Å². The van der Waals surface area contributed by atoms with E-state index in [9.17, 15) is 20.4 Å². The molecule has 1 saturated heterocycles. The molecule has 0 aromatic carbocycles. The van der Waals surface area contributed by atoms with Gasteiger partial charge in [-0.1, -0.05) is 104 Å². The number of ether oxygens (including phenoxy) is 1. The molecule has 176 valence electrons. The van der Waals surface area contributed by atoms with Crippen molar-refractivity contribution in [3.8, 4) is 0 Å². The second kappa shape index (κ2) is 9.74. The number of unbranched alkanes of at least 4 members (excludes halogenated alkanes) is 12. The van der Waals surface area contributed by atoms with E-state index in [-0.39, 0.29) is 6.61 Å². The predicted octanol–water partition coefficient (Wildman–Crippen LogP) is 4.44. The van der Waals surface area contributed by atoms with E-state index in [0.717, 1.165) is 25.7 Å². The van der Waals surface area contributed by atoms with Crippen molar-refractivity contribution in [2.24, 2.45) is 11.8 Å². The first-order chi connectivity index (χ1) is 14.3. The Morgan fingerprint density at radius 2 is 1.03 bits per heavy atom. The van der Waals surface area contributed by atoms with Gasteiger partial charge in [0.2, 0.25) is 5.79 Å². The zero-order chi connectivity index (χ0) is 21.9. The third-order valence-electron chi connectivity index (χ3n) is 8.38. The Morgan fingerprint density at radius 1 is 0.600 bits per heavy atom. The molecule has 3 fully saturated rings. The zero-order valence-electron chi connectivity index (χ0n) is 19.4. The Balaban J connectivity index is 1.45. The highest BCUT2D eigenvalue weighted by Crippen LogP contribution is 2.78. The fourth-order valence-corrected chi connectivity index (χ4v) is 6.31. The number of fused-ring (bicyclic) bond motifs is 3. The maximum Gasteiger partial charge on any atom is 0.204 e. The third kappa shape index (κ3) is 3.87. The van der Waals surface area contributed by atoms with Crippen molar-refractivity contribution in [2.45, 2.75) is 139 Å². The van der Waals surface area contributed by atoms with Gasteiger partial charge < -0.3 is 25.2 Å². The second-order valence-electron chi connectivity index (χ2n) is 10.4. The van der Waals surface area contributed by atoms with Crippen LogP contribution in [0.2, 0.25) is 0 Å². The van der Waals surface area contributed by atoms with Crippen molar-refractivity contribution < 1.29 is 25.2 Å². The summed E-state index contributed by atoms with van der Waals surface area (Å²) in [7, 11) is 0. The van der Waals surface area contributed by atoms with Crippen LogP contribution in [0.25, 0.3) is 0 Å². The number of hydrogen-bond acceptors (Lipinski definition) is 5. The highest BCUT2D eigenvalue weighted by molar-refractivity contribution is 5.46. The Kier molecular flexibility index (Phi) is 7.94. The maximum atomic E-state index is 11.3. The standard InChI is InChI=1S/C25H46O5/c1-3-5-7-9-11-13-15-17-20-22(26)19-30-25(29)21(24(25,28)23(20,22)27)18-16-14-12-10-8-6-4-2/h20-21,26-29H,3-19H2,1-2H3/t20?,21?,22-,23-,24+,25?/m0/s1. The van der Waals surface area contributed by atoms with Gasteiger partial charge in [-0.05, 0) is 12.8 Å². The molecule has 2 saturated carbocycles. The van der Waals surface area contributed by atoms with Crippen molar-refractivity contribution in [1.82, 2.24) is 0 Å². The molecule has 0 aromatic rings. The van der Waals surface area contributed by atoms with Crippen molar-refractivity contribution in [3.63, 3.8) is 0 Å². The van der Waals surface area contributed by atoms with Crippen molar-refractivity contribution in [3.05, 3.63) is 0 Å². The van der Waals surface area contributed by atoms with Crippen LogP contribution >= 0.6 is 0 Å². The Hall–Kier alpha value is -0.200. The van der Waals surface area contributed by atoms with Gasteiger partial charge in [-0.25, -0.2) is 0 Å². The topological polar surface area (TPSA) is 90.2 Å². The van der Waals surface area contributed by atoms with E-state index < -0.39 is 34.4 Å². The molecule has 0 bridgehead atoms. The van der Waals surface area contributed by atoms with Gasteiger partial charge in [0.25, 0.3) is 0 Å². The van der Waals surface area contributed by atoms with E-state index in [1.165, 1.54) is 64.2 Å². The molecule has 3 rings (SSSR count). The fourth-order valence-electron chi connectivity index (χ4n) is 6.31. The van der Waals surface area contributed by atoms with Gasteiger partial charge in [0.1, 0.15) is 11.2 Å². The largest absolute Gasteiger partial charge is 0.384 e. The smallest absolute Gasteiger partial charge is 0.204 e. The summed E-state index contributed by atoms with van der Waals surface area (Å²) < 4.78 is 5.58. The summed E-state index contributed by atoms with van der Waals surface area (Å²) in [6.07, 6.45) is 17.7. The van der Waals surface area contributed by atoms with Crippen LogP contribution < -0.4 is 0 Å². The third-order valence-corrected chi connectivity index (χ3v) is 8.38. The highest BCUT2D eigenvalue weighted by atomic mass is 16.7. The minimum Gasteiger partial charge on any atom is -0.384 e. The summed E-state index contributed by atoms with van der Waals surface area (Å²) in [6.45, 7) is 4.33. The van der Waals surface area contributed by atoms with Crippen LogP contribution in [0.1, 0.15) is 117 Å². The van der Waals surface area contributed by atoms with E-state index in [4.69, 9.17) is 4.74 Å².